The van der Waals surface area contributed by atoms with E-state index in [9.17, 15) is 9.59 Å². The van der Waals surface area contributed by atoms with Crippen molar-refractivity contribution < 1.29 is 19.5 Å². The lowest BCUT2D eigenvalue weighted by Gasteiger charge is -2.23. The van der Waals surface area contributed by atoms with Crippen LogP contribution in [0.25, 0.3) is 10.9 Å². The standard InChI is InChI=1S/C25H31N3O4/c1-4-13-32-17-25(2,3)15-23(29)26-21-9-5-18(6-10-21)16-28-12-11-19-7-8-20(14-22(19)28)24(30)27-31/h5-12,14,31H,4,13,15-17H2,1-3H3,(H,26,29)(H,27,30). The van der Waals surface area contributed by atoms with Gasteiger partial charge in [0.05, 0.1) is 6.61 Å². The Morgan fingerprint density at radius 1 is 1.09 bits per heavy atom. The fourth-order valence-electron chi connectivity index (χ4n) is 3.60. The van der Waals surface area contributed by atoms with Crippen molar-refractivity contribution >= 4 is 28.4 Å². The molecule has 0 aliphatic carbocycles. The SMILES string of the molecule is CCCOCC(C)(C)CC(=O)Nc1ccc(Cn2ccc3ccc(C(=O)NO)cc32)cc1. The molecule has 3 rings (SSSR count). The van der Waals surface area contributed by atoms with E-state index < -0.39 is 5.91 Å². The Hall–Kier alpha value is -3.16. The summed E-state index contributed by atoms with van der Waals surface area (Å²) in [6, 6.07) is 15.0. The molecule has 7 nitrogen and oxygen atoms in total. The van der Waals surface area contributed by atoms with Gasteiger partial charge in [0, 0.05) is 42.5 Å². The molecule has 1 aromatic heterocycles. The van der Waals surface area contributed by atoms with Gasteiger partial charge in [0.2, 0.25) is 5.91 Å². The van der Waals surface area contributed by atoms with Crippen LogP contribution in [0.4, 0.5) is 5.69 Å². The molecule has 0 unspecified atom stereocenters. The first-order valence-electron chi connectivity index (χ1n) is 10.8. The molecule has 0 spiro atoms. The first-order valence-corrected chi connectivity index (χ1v) is 10.8. The van der Waals surface area contributed by atoms with Gasteiger partial charge in [-0.1, -0.05) is 39.0 Å². The highest BCUT2D eigenvalue weighted by molar-refractivity contribution is 5.97. The molecule has 0 atom stereocenters. The molecule has 32 heavy (non-hydrogen) atoms. The van der Waals surface area contributed by atoms with Gasteiger partial charge in [-0.25, -0.2) is 5.48 Å². The van der Waals surface area contributed by atoms with Crippen molar-refractivity contribution in [3.63, 3.8) is 0 Å². The molecule has 0 fully saturated rings. The molecule has 0 aliphatic rings. The molecule has 0 bridgehead atoms. The minimum atomic E-state index is -0.542. The first kappa shape index (κ1) is 23.5. The van der Waals surface area contributed by atoms with E-state index in [0.29, 0.717) is 31.7 Å². The second-order valence-electron chi connectivity index (χ2n) is 8.80. The maximum absolute atomic E-state index is 12.4. The smallest absolute Gasteiger partial charge is 0.274 e. The third-order valence-corrected chi connectivity index (χ3v) is 5.21. The van der Waals surface area contributed by atoms with E-state index in [4.69, 9.17) is 9.94 Å². The van der Waals surface area contributed by atoms with Crippen molar-refractivity contribution in [2.75, 3.05) is 18.5 Å². The molecule has 0 aliphatic heterocycles. The zero-order valence-electron chi connectivity index (χ0n) is 18.9. The Kier molecular flexibility index (Phi) is 7.66. The van der Waals surface area contributed by atoms with E-state index in [-0.39, 0.29) is 11.3 Å². The molecular formula is C25H31N3O4. The molecule has 2 aromatic carbocycles. The predicted octanol–water partition coefficient (Wildman–Crippen LogP) is 4.59. The number of nitrogens with one attached hydrogen (secondary N) is 2. The van der Waals surface area contributed by atoms with Gasteiger partial charge in [-0.15, -0.1) is 0 Å². The van der Waals surface area contributed by atoms with Crippen LogP contribution in [0.3, 0.4) is 0 Å². The summed E-state index contributed by atoms with van der Waals surface area (Å²) < 4.78 is 7.64. The second kappa shape index (κ2) is 10.4. The minimum Gasteiger partial charge on any atom is -0.381 e. The van der Waals surface area contributed by atoms with Gasteiger partial charge in [-0.3, -0.25) is 14.8 Å². The Balaban J connectivity index is 1.62. The van der Waals surface area contributed by atoms with Crippen LogP contribution in [0.2, 0.25) is 0 Å². The number of anilines is 1. The molecule has 1 heterocycles. The molecule has 0 radical (unpaired) electrons. The largest absolute Gasteiger partial charge is 0.381 e. The molecule has 170 valence electrons. The number of hydrogen-bond acceptors (Lipinski definition) is 4. The van der Waals surface area contributed by atoms with Crippen molar-refractivity contribution in [2.24, 2.45) is 5.41 Å². The number of aromatic nitrogens is 1. The van der Waals surface area contributed by atoms with Gasteiger partial charge < -0.3 is 14.6 Å². The van der Waals surface area contributed by atoms with E-state index in [1.54, 1.807) is 17.6 Å². The van der Waals surface area contributed by atoms with Crippen LogP contribution < -0.4 is 10.8 Å². The number of rotatable bonds is 10. The van der Waals surface area contributed by atoms with Crippen molar-refractivity contribution in [3.05, 3.63) is 65.9 Å². The summed E-state index contributed by atoms with van der Waals surface area (Å²) in [6.45, 7) is 8.00. The average Bonchev–Trinajstić information content (AvgIpc) is 3.16. The third kappa shape index (κ3) is 6.18. The number of ether oxygens (including phenoxy) is 1. The Morgan fingerprint density at radius 3 is 2.53 bits per heavy atom. The van der Waals surface area contributed by atoms with Gasteiger partial charge in [0.25, 0.3) is 5.91 Å². The summed E-state index contributed by atoms with van der Waals surface area (Å²) in [5.41, 5.74) is 4.55. The van der Waals surface area contributed by atoms with Crippen molar-refractivity contribution in [1.29, 1.82) is 0 Å². The molecule has 7 heteroatoms. The van der Waals surface area contributed by atoms with Gasteiger partial charge in [0.15, 0.2) is 0 Å². The predicted molar refractivity (Wildman–Crippen MR) is 125 cm³/mol. The molecule has 3 aromatic rings. The minimum absolute atomic E-state index is 0.0334. The Morgan fingerprint density at radius 2 is 1.84 bits per heavy atom. The number of carbonyl (C=O) groups excluding carboxylic acids is 2. The van der Waals surface area contributed by atoms with Crippen LogP contribution in [0.5, 0.6) is 0 Å². The van der Waals surface area contributed by atoms with Crippen molar-refractivity contribution in [3.8, 4) is 0 Å². The number of carbonyl (C=O) groups is 2. The number of benzene rings is 2. The highest BCUT2D eigenvalue weighted by Gasteiger charge is 2.22. The highest BCUT2D eigenvalue weighted by Crippen LogP contribution is 2.23. The van der Waals surface area contributed by atoms with Crippen LogP contribution in [0, 0.1) is 5.41 Å². The summed E-state index contributed by atoms with van der Waals surface area (Å²) in [6.07, 6.45) is 3.31. The Labute approximate surface area is 188 Å². The third-order valence-electron chi connectivity index (χ3n) is 5.21. The molecule has 3 N–H and O–H groups in total. The van der Waals surface area contributed by atoms with E-state index >= 15 is 0 Å². The average molecular weight is 438 g/mol. The number of amides is 2. The zero-order chi connectivity index (χ0) is 23.1. The quantitative estimate of drug-likeness (QED) is 0.246. The number of fused-ring (bicyclic) bond motifs is 1. The topological polar surface area (TPSA) is 92.6 Å². The van der Waals surface area contributed by atoms with Crippen LogP contribution in [0.1, 0.15) is 49.5 Å². The summed E-state index contributed by atoms with van der Waals surface area (Å²) in [4.78, 5) is 24.2. The van der Waals surface area contributed by atoms with Gasteiger partial charge in [0.1, 0.15) is 0 Å². The first-order chi connectivity index (χ1) is 15.3. The van der Waals surface area contributed by atoms with E-state index in [2.05, 4.69) is 12.2 Å². The molecular weight excluding hydrogens is 406 g/mol. The number of hydrogen-bond donors (Lipinski definition) is 3. The van der Waals surface area contributed by atoms with Crippen molar-refractivity contribution in [2.45, 2.75) is 40.2 Å². The van der Waals surface area contributed by atoms with Gasteiger partial charge in [-0.05, 0) is 53.1 Å². The maximum atomic E-state index is 12.4. The summed E-state index contributed by atoms with van der Waals surface area (Å²) in [5.74, 6) is -0.575. The number of nitrogens with zero attached hydrogens (tertiary/aromatic N) is 1. The molecule has 0 saturated heterocycles. The lowest BCUT2D eigenvalue weighted by atomic mass is 9.90. The zero-order valence-corrected chi connectivity index (χ0v) is 18.9. The number of hydroxylamine groups is 1. The van der Waals surface area contributed by atoms with Gasteiger partial charge in [-0.2, -0.15) is 0 Å². The molecule has 2 amide bonds. The van der Waals surface area contributed by atoms with Gasteiger partial charge >= 0.3 is 0 Å². The summed E-state index contributed by atoms with van der Waals surface area (Å²) in [7, 11) is 0. The maximum Gasteiger partial charge on any atom is 0.274 e. The van der Waals surface area contributed by atoms with Crippen LogP contribution in [-0.4, -0.2) is 34.8 Å². The lowest BCUT2D eigenvalue weighted by Crippen LogP contribution is -2.26. The highest BCUT2D eigenvalue weighted by atomic mass is 16.5. The van der Waals surface area contributed by atoms with Crippen LogP contribution >= 0.6 is 0 Å². The summed E-state index contributed by atoms with van der Waals surface area (Å²) in [5, 5.41) is 12.8. The van der Waals surface area contributed by atoms with E-state index in [1.807, 2.05) is 61.0 Å². The molecule has 0 saturated carbocycles. The fourth-order valence-corrected chi connectivity index (χ4v) is 3.60. The van der Waals surface area contributed by atoms with E-state index in [1.165, 1.54) is 0 Å². The Bertz CT molecular complexity index is 1070. The van der Waals surface area contributed by atoms with Crippen molar-refractivity contribution in [1.82, 2.24) is 10.0 Å². The summed E-state index contributed by atoms with van der Waals surface area (Å²) >= 11 is 0. The lowest BCUT2D eigenvalue weighted by molar-refractivity contribution is -0.119. The second-order valence-corrected chi connectivity index (χ2v) is 8.80. The van der Waals surface area contributed by atoms with Crippen LogP contribution in [0.15, 0.2) is 54.7 Å². The van der Waals surface area contributed by atoms with E-state index in [0.717, 1.165) is 28.6 Å². The van der Waals surface area contributed by atoms with Crippen LogP contribution in [-0.2, 0) is 16.1 Å². The normalized spacial score (nSPS) is 11.5. The monoisotopic (exact) mass is 437 g/mol. The fraction of sp³-hybridized carbons (Fsp3) is 0.360.